The first-order valence-corrected chi connectivity index (χ1v) is 9.56. The quantitative estimate of drug-likeness (QED) is 0.771. The van der Waals surface area contributed by atoms with Crippen LogP contribution in [0.5, 0.6) is 0 Å². The Bertz CT molecular complexity index is 800. The molecule has 1 fully saturated rings. The normalized spacial score (nSPS) is 18.2. The van der Waals surface area contributed by atoms with Crippen molar-refractivity contribution in [1.82, 2.24) is 9.47 Å². The summed E-state index contributed by atoms with van der Waals surface area (Å²) in [4.78, 5) is 3.63. The van der Waals surface area contributed by atoms with Crippen LogP contribution < -0.4 is 0 Å². The Hall–Kier alpha value is -1.62. The zero-order valence-corrected chi connectivity index (χ0v) is 14.9. The molecule has 0 aliphatic carbocycles. The van der Waals surface area contributed by atoms with Crippen LogP contribution in [0.4, 0.5) is 0 Å². The Morgan fingerprint density at radius 3 is 2.79 bits per heavy atom. The number of likely N-dealkylation sites (tertiary alicyclic amines) is 1. The van der Waals surface area contributed by atoms with Crippen LogP contribution in [0.2, 0.25) is 0 Å². The van der Waals surface area contributed by atoms with Crippen LogP contribution >= 0.6 is 11.3 Å². The van der Waals surface area contributed by atoms with Gasteiger partial charge in [0.25, 0.3) is 0 Å². The minimum Gasteiger partial charge on any atom is -0.387 e. The van der Waals surface area contributed by atoms with Crippen molar-refractivity contribution in [1.29, 1.82) is 0 Å². The first-order chi connectivity index (χ1) is 11.7. The maximum atomic E-state index is 10.5. The monoisotopic (exact) mass is 340 g/mol. The minimum absolute atomic E-state index is 0.284. The molecule has 3 nitrogen and oxygen atoms in total. The molecule has 1 N–H and O–H groups in total. The van der Waals surface area contributed by atoms with Gasteiger partial charge in [0.1, 0.15) is 0 Å². The number of thiophene rings is 1. The summed E-state index contributed by atoms with van der Waals surface area (Å²) < 4.78 is 2.16. The third-order valence-electron chi connectivity index (χ3n) is 5.27. The van der Waals surface area contributed by atoms with Gasteiger partial charge in [-0.25, -0.2) is 0 Å². The van der Waals surface area contributed by atoms with Gasteiger partial charge in [-0.2, -0.15) is 0 Å². The number of hydrogen-bond acceptors (Lipinski definition) is 3. The first kappa shape index (κ1) is 15.9. The molecule has 3 heterocycles. The summed E-state index contributed by atoms with van der Waals surface area (Å²) in [6, 6.07) is 13.0. The number of benzene rings is 1. The Balaban J connectivity index is 1.37. The summed E-state index contributed by atoms with van der Waals surface area (Å²) in [6.07, 6.45) is 3.98. The van der Waals surface area contributed by atoms with Gasteiger partial charge in [0.15, 0.2) is 0 Å². The molecule has 2 aromatic heterocycles. The van der Waals surface area contributed by atoms with Gasteiger partial charge in [-0.15, -0.1) is 11.3 Å². The molecule has 3 aromatic rings. The molecule has 0 bridgehead atoms. The van der Waals surface area contributed by atoms with Gasteiger partial charge < -0.3 is 9.67 Å². The fourth-order valence-corrected chi connectivity index (χ4v) is 4.61. The van der Waals surface area contributed by atoms with E-state index in [1.807, 2.05) is 11.4 Å². The Morgan fingerprint density at radius 1 is 1.21 bits per heavy atom. The van der Waals surface area contributed by atoms with Gasteiger partial charge >= 0.3 is 0 Å². The third-order valence-corrected chi connectivity index (χ3v) is 6.21. The molecule has 1 saturated heterocycles. The highest BCUT2D eigenvalue weighted by atomic mass is 32.1. The SMILES string of the molecule is Cn1ccc2cc(CN3CCC(C(O)c4cccs4)CC3)ccc21. The molecule has 0 radical (unpaired) electrons. The fourth-order valence-electron chi connectivity index (χ4n) is 3.81. The molecule has 4 rings (SSSR count). The second-order valence-electron chi connectivity index (χ2n) is 6.89. The maximum absolute atomic E-state index is 10.5. The molecule has 0 saturated carbocycles. The van der Waals surface area contributed by atoms with E-state index in [0.29, 0.717) is 5.92 Å². The first-order valence-electron chi connectivity index (χ1n) is 8.68. The van der Waals surface area contributed by atoms with Crippen LogP contribution in [0.25, 0.3) is 10.9 Å². The summed E-state index contributed by atoms with van der Waals surface area (Å²) in [7, 11) is 2.09. The molecule has 0 amide bonds. The predicted octanol–water partition coefficient (Wildman–Crippen LogP) is 4.19. The lowest BCUT2D eigenvalue weighted by atomic mass is 9.90. The van der Waals surface area contributed by atoms with Gasteiger partial charge in [0.2, 0.25) is 0 Å². The Labute approximate surface area is 147 Å². The van der Waals surface area contributed by atoms with Crippen LogP contribution in [0.15, 0.2) is 48.0 Å². The molecular weight excluding hydrogens is 316 g/mol. The number of piperidine rings is 1. The van der Waals surface area contributed by atoms with Crippen LogP contribution in [0.1, 0.15) is 29.4 Å². The highest BCUT2D eigenvalue weighted by Crippen LogP contribution is 2.33. The standard InChI is InChI=1S/C20H24N2OS/c1-21-9-6-17-13-15(4-5-18(17)21)14-22-10-7-16(8-11-22)20(23)19-3-2-12-24-19/h2-6,9,12-13,16,20,23H,7-8,10-11,14H2,1H3. The van der Waals surface area contributed by atoms with Gasteiger partial charge in [0.05, 0.1) is 6.10 Å². The lowest BCUT2D eigenvalue weighted by Crippen LogP contribution is -2.35. The van der Waals surface area contributed by atoms with Crippen molar-refractivity contribution in [3.8, 4) is 0 Å². The lowest BCUT2D eigenvalue weighted by Gasteiger charge is -2.34. The molecule has 1 unspecified atom stereocenters. The van der Waals surface area contributed by atoms with Crippen molar-refractivity contribution in [3.05, 3.63) is 58.4 Å². The van der Waals surface area contributed by atoms with Crippen LogP contribution in [-0.2, 0) is 13.6 Å². The molecule has 1 aliphatic rings. The van der Waals surface area contributed by atoms with E-state index in [2.05, 4.69) is 53.0 Å². The highest BCUT2D eigenvalue weighted by molar-refractivity contribution is 7.10. The van der Waals surface area contributed by atoms with E-state index in [1.165, 1.54) is 16.5 Å². The molecule has 1 atom stereocenters. The largest absolute Gasteiger partial charge is 0.387 e. The smallest absolute Gasteiger partial charge is 0.0910 e. The molecule has 1 aliphatic heterocycles. The minimum atomic E-state index is -0.284. The zero-order chi connectivity index (χ0) is 16.5. The van der Waals surface area contributed by atoms with Crippen molar-refractivity contribution >= 4 is 22.2 Å². The van der Waals surface area contributed by atoms with Crippen molar-refractivity contribution in [2.24, 2.45) is 13.0 Å². The molecule has 24 heavy (non-hydrogen) atoms. The van der Waals surface area contributed by atoms with Crippen molar-refractivity contribution in [2.45, 2.75) is 25.5 Å². The third kappa shape index (κ3) is 3.14. The topological polar surface area (TPSA) is 28.4 Å². The number of fused-ring (bicyclic) bond motifs is 1. The number of aromatic nitrogens is 1. The second-order valence-corrected chi connectivity index (χ2v) is 7.87. The Morgan fingerprint density at radius 2 is 2.04 bits per heavy atom. The van der Waals surface area contributed by atoms with Crippen molar-refractivity contribution < 1.29 is 5.11 Å². The molecule has 0 spiro atoms. The number of aliphatic hydroxyl groups excluding tert-OH is 1. The van der Waals surface area contributed by atoms with E-state index >= 15 is 0 Å². The molecule has 4 heteroatoms. The van der Waals surface area contributed by atoms with Gasteiger partial charge in [-0.05, 0) is 72.4 Å². The second kappa shape index (κ2) is 6.71. The van der Waals surface area contributed by atoms with E-state index in [0.717, 1.165) is 37.4 Å². The lowest BCUT2D eigenvalue weighted by molar-refractivity contribution is 0.0591. The van der Waals surface area contributed by atoms with Gasteiger partial charge in [0, 0.05) is 30.2 Å². The van der Waals surface area contributed by atoms with Crippen LogP contribution in [0, 0.1) is 5.92 Å². The summed E-state index contributed by atoms with van der Waals surface area (Å²) in [5, 5.41) is 13.9. The zero-order valence-electron chi connectivity index (χ0n) is 14.1. The van der Waals surface area contributed by atoms with Crippen molar-refractivity contribution in [3.63, 3.8) is 0 Å². The fraction of sp³-hybridized carbons (Fsp3) is 0.400. The molecule has 1 aromatic carbocycles. The maximum Gasteiger partial charge on any atom is 0.0910 e. The number of rotatable bonds is 4. The molecule has 126 valence electrons. The van der Waals surface area contributed by atoms with E-state index < -0.39 is 0 Å². The number of aliphatic hydroxyl groups is 1. The summed E-state index contributed by atoms with van der Waals surface area (Å²) >= 11 is 1.67. The van der Waals surface area contributed by atoms with Crippen molar-refractivity contribution in [2.75, 3.05) is 13.1 Å². The average molecular weight is 340 g/mol. The molecular formula is C20H24N2OS. The van der Waals surface area contributed by atoms with Crippen LogP contribution in [-0.4, -0.2) is 27.7 Å². The van der Waals surface area contributed by atoms with E-state index in [-0.39, 0.29) is 6.10 Å². The number of nitrogens with zero attached hydrogens (tertiary/aromatic N) is 2. The highest BCUT2D eigenvalue weighted by Gasteiger charge is 2.26. The summed E-state index contributed by atoms with van der Waals surface area (Å²) in [6.45, 7) is 3.15. The number of aryl methyl sites for hydroxylation is 1. The summed E-state index contributed by atoms with van der Waals surface area (Å²) in [5.74, 6) is 0.400. The van der Waals surface area contributed by atoms with E-state index in [9.17, 15) is 5.11 Å². The summed E-state index contributed by atoms with van der Waals surface area (Å²) in [5.41, 5.74) is 2.67. The average Bonchev–Trinajstić information content (AvgIpc) is 3.25. The van der Waals surface area contributed by atoms with Gasteiger partial charge in [-0.3, -0.25) is 4.90 Å². The van der Waals surface area contributed by atoms with E-state index in [4.69, 9.17) is 0 Å². The van der Waals surface area contributed by atoms with Crippen LogP contribution in [0.3, 0.4) is 0 Å². The Kier molecular flexibility index (Phi) is 4.44. The van der Waals surface area contributed by atoms with Gasteiger partial charge in [-0.1, -0.05) is 12.1 Å². The predicted molar refractivity (Wildman–Crippen MR) is 100 cm³/mol. The number of hydrogen-bond donors (Lipinski definition) is 1. The van der Waals surface area contributed by atoms with E-state index in [1.54, 1.807) is 11.3 Å².